The largest absolute Gasteiger partial charge is 0.271 e. The Morgan fingerprint density at radius 2 is 2.10 bits per heavy atom. The summed E-state index contributed by atoms with van der Waals surface area (Å²) in [5, 5.41) is 4.58. The van der Waals surface area contributed by atoms with Crippen LogP contribution in [0.15, 0.2) is 48.8 Å². The minimum Gasteiger partial charge on any atom is -0.271 e. The van der Waals surface area contributed by atoms with Gasteiger partial charge in [0, 0.05) is 22.3 Å². The second kappa shape index (κ2) is 5.20. The first-order valence-corrected chi connectivity index (χ1v) is 6.42. The number of hydrogen-bond acceptors (Lipinski definition) is 3. The van der Waals surface area contributed by atoms with Crippen molar-refractivity contribution in [2.24, 2.45) is 5.84 Å². The van der Waals surface area contributed by atoms with E-state index < -0.39 is 11.9 Å². The molecule has 102 valence electrons. The van der Waals surface area contributed by atoms with E-state index in [9.17, 15) is 4.39 Å². The summed E-state index contributed by atoms with van der Waals surface area (Å²) in [5.41, 5.74) is 4.73. The minimum atomic E-state index is -0.493. The van der Waals surface area contributed by atoms with Gasteiger partial charge in [0.05, 0.1) is 17.8 Å². The lowest BCUT2D eigenvalue weighted by molar-refractivity contribution is 0.562. The Hall–Kier alpha value is -1.95. The summed E-state index contributed by atoms with van der Waals surface area (Å²) < 4.78 is 15.8. The molecule has 0 spiro atoms. The molecular weight excluding hydrogens is 279 g/mol. The Morgan fingerprint density at radius 3 is 2.85 bits per heavy atom. The zero-order valence-corrected chi connectivity index (χ0v) is 11.2. The maximum Gasteiger partial charge on any atom is 0.129 e. The lowest BCUT2D eigenvalue weighted by Gasteiger charge is -2.16. The Kier molecular flexibility index (Phi) is 3.40. The summed E-state index contributed by atoms with van der Waals surface area (Å²) in [6.45, 7) is 0. The number of fused-ring (bicyclic) bond motifs is 1. The third-order valence-electron chi connectivity index (χ3n) is 3.21. The van der Waals surface area contributed by atoms with Gasteiger partial charge in [0.1, 0.15) is 5.82 Å². The first-order valence-electron chi connectivity index (χ1n) is 6.04. The van der Waals surface area contributed by atoms with Gasteiger partial charge < -0.3 is 0 Å². The lowest BCUT2D eigenvalue weighted by atomic mass is 10.00. The summed E-state index contributed by atoms with van der Waals surface area (Å²) in [4.78, 5) is 0. The molecule has 0 radical (unpaired) electrons. The molecule has 3 N–H and O–H groups in total. The van der Waals surface area contributed by atoms with E-state index in [1.165, 1.54) is 6.07 Å². The highest BCUT2D eigenvalue weighted by molar-refractivity contribution is 6.30. The molecule has 2 heterocycles. The highest BCUT2D eigenvalue weighted by atomic mass is 35.5. The van der Waals surface area contributed by atoms with E-state index >= 15 is 0 Å². The average Bonchev–Trinajstić information content (AvgIpc) is 2.86. The molecule has 0 saturated carbocycles. The normalized spacial score (nSPS) is 12.8. The van der Waals surface area contributed by atoms with E-state index in [4.69, 9.17) is 17.4 Å². The predicted octanol–water partition coefficient (Wildman–Crippen LogP) is 2.68. The summed E-state index contributed by atoms with van der Waals surface area (Å²) >= 11 is 5.78. The number of nitrogens with zero attached hydrogens (tertiary/aromatic N) is 2. The van der Waals surface area contributed by atoms with Gasteiger partial charge in [-0.25, -0.2) is 14.3 Å². The minimum absolute atomic E-state index is 0.349. The molecule has 0 bridgehead atoms. The molecule has 2 aromatic heterocycles. The van der Waals surface area contributed by atoms with Crippen molar-refractivity contribution in [3.63, 3.8) is 0 Å². The molecule has 0 aliphatic heterocycles. The van der Waals surface area contributed by atoms with Gasteiger partial charge in [-0.15, -0.1) is 0 Å². The molecule has 1 aromatic carbocycles. The quantitative estimate of drug-likeness (QED) is 0.576. The summed E-state index contributed by atoms with van der Waals surface area (Å²) in [6.07, 6.45) is 3.50. The summed E-state index contributed by atoms with van der Waals surface area (Å²) in [7, 11) is 0. The first-order chi connectivity index (χ1) is 9.70. The molecule has 0 amide bonds. The zero-order chi connectivity index (χ0) is 14.1. The molecule has 4 nitrogen and oxygen atoms in total. The van der Waals surface area contributed by atoms with Crippen LogP contribution in [-0.2, 0) is 0 Å². The van der Waals surface area contributed by atoms with Crippen LogP contribution in [0.3, 0.4) is 0 Å². The van der Waals surface area contributed by atoms with Gasteiger partial charge in [-0.2, -0.15) is 5.10 Å². The molecule has 20 heavy (non-hydrogen) atoms. The number of benzene rings is 1. The van der Waals surface area contributed by atoms with Crippen molar-refractivity contribution in [3.8, 4) is 0 Å². The molecule has 6 heteroatoms. The number of nitrogens with one attached hydrogen (secondary N) is 1. The van der Waals surface area contributed by atoms with Crippen molar-refractivity contribution in [1.29, 1.82) is 0 Å². The Balaban J connectivity index is 2.14. The highest BCUT2D eigenvalue weighted by Gasteiger charge is 2.20. The van der Waals surface area contributed by atoms with Crippen LogP contribution in [0.5, 0.6) is 0 Å². The van der Waals surface area contributed by atoms with Crippen LogP contribution in [0.1, 0.15) is 17.2 Å². The van der Waals surface area contributed by atoms with E-state index in [1.54, 1.807) is 22.8 Å². The van der Waals surface area contributed by atoms with Crippen LogP contribution in [0.2, 0.25) is 5.02 Å². The van der Waals surface area contributed by atoms with Crippen molar-refractivity contribution in [2.45, 2.75) is 6.04 Å². The molecule has 1 atom stereocenters. The van der Waals surface area contributed by atoms with E-state index in [1.807, 2.05) is 24.4 Å². The Morgan fingerprint density at radius 1 is 1.25 bits per heavy atom. The number of hydrogen-bond donors (Lipinski definition) is 2. The fourth-order valence-electron chi connectivity index (χ4n) is 2.26. The van der Waals surface area contributed by atoms with Gasteiger partial charge in [-0.3, -0.25) is 5.84 Å². The van der Waals surface area contributed by atoms with Crippen LogP contribution >= 0.6 is 11.6 Å². The van der Waals surface area contributed by atoms with Crippen molar-refractivity contribution in [2.75, 3.05) is 0 Å². The van der Waals surface area contributed by atoms with Crippen molar-refractivity contribution in [1.82, 2.24) is 15.0 Å². The number of rotatable bonds is 3. The number of pyridine rings is 1. The van der Waals surface area contributed by atoms with Crippen LogP contribution in [0.25, 0.3) is 5.52 Å². The maximum atomic E-state index is 14.1. The van der Waals surface area contributed by atoms with Crippen LogP contribution in [0.4, 0.5) is 4.39 Å². The molecule has 0 fully saturated rings. The monoisotopic (exact) mass is 290 g/mol. The molecule has 0 aliphatic rings. The van der Waals surface area contributed by atoms with Crippen LogP contribution < -0.4 is 11.3 Å². The van der Waals surface area contributed by atoms with Gasteiger partial charge in [-0.05, 0) is 24.3 Å². The summed E-state index contributed by atoms with van der Waals surface area (Å²) in [6, 6.07) is 9.70. The average molecular weight is 291 g/mol. The number of aromatic nitrogens is 2. The van der Waals surface area contributed by atoms with Gasteiger partial charge in [0.15, 0.2) is 0 Å². The van der Waals surface area contributed by atoms with E-state index in [-0.39, 0.29) is 0 Å². The van der Waals surface area contributed by atoms with Gasteiger partial charge in [0.25, 0.3) is 0 Å². The second-order valence-electron chi connectivity index (χ2n) is 4.40. The first kappa shape index (κ1) is 13.1. The number of halogens is 2. The van der Waals surface area contributed by atoms with Gasteiger partial charge >= 0.3 is 0 Å². The fourth-order valence-corrected chi connectivity index (χ4v) is 2.42. The summed E-state index contributed by atoms with van der Waals surface area (Å²) in [5.74, 6) is 5.20. The number of nitrogens with two attached hydrogens (primary N) is 1. The van der Waals surface area contributed by atoms with E-state index in [0.29, 0.717) is 10.6 Å². The fraction of sp³-hybridized carbons (Fsp3) is 0.0714. The molecule has 3 rings (SSSR count). The molecular formula is C14H12ClFN4. The van der Waals surface area contributed by atoms with Crippen molar-refractivity contribution in [3.05, 3.63) is 70.8 Å². The van der Waals surface area contributed by atoms with Crippen LogP contribution in [-0.4, -0.2) is 9.61 Å². The standard InChI is InChI=1S/C14H12ClFN4/c15-9-4-5-10(12(16)7-9)14(19-17)11-8-18-20-6-2-1-3-13(11)20/h1-8,14,19H,17H2. The van der Waals surface area contributed by atoms with Gasteiger partial charge in [-0.1, -0.05) is 23.7 Å². The SMILES string of the molecule is NNC(c1ccc(Cl)cc1F)c1cnn2ccccc12. The van der Waals surface area contributed by atoms with E-state index in [0.717, 1.165) is 11.1 Å². The Labute approximate surface area is 119 Å². The maximum absolute atomic E-state index is 14.1. The third-order valence-corrected chi connectivity index (χ3v) is 3.44. The van der Waals surface area contributed by atoms with Crippen molar-refractivity contribution < 1.29 is 4.39 Å². The smallest absolute Gasteiger partial charge is 0.129 e. The molecule has 0 aliphatic carbocycles. The highest BCUT2D eigenvalue weighted by Crippen LogP contribution is 2.28. The van der Waals surface area contributed by atoms with Crippen molar-refractivity contribution >= 4 is 17.1 Å². The molecule has 3 aromatic rings. The Bertz CT molecular complexity index is 756. The molecule has 0 saturated heterocycles. The van der Waals surface area contributed by atoms with Crippen LogP contribution in [0, 0.1) is 5.82 Å². The topological polar surface area (TPSA) is 55.3 Å². The predicted molar refractivity (Wildman–Crippen MR) is 75.8 cm³/mol. The number of hydrazine groups is 1. The van der Waals surface area contributed by atoms with Gasteiger partial charge in [0.2, 0.25) is 0 Å². The van der Waals surface area contributed by atoms with E-state index in [2.05, 4.69) is 10.5 Å². The lowest BCUT2D eigenvalue weighted by Crippen LogP contribution is -2.29. The zero-order valence-electron chi connectivity index (χ0n) is 10.4. The third kappa shape index (κ3) is 2.16. The molecule has 1 unspecified atom stereocenters. The second-order valence-corrected chi connectivity index (χ2v) is 4.83.